The number of carbonyl (C=O) groups is 3. The third-order valence-electron chi connectivity index (χ3n) is 3.51. The van der Waals surface area contributed by atoms with Crippen LogP contribution in [0.4, 0.5) is 10.8 Å². The summed E-state index contributed by atoms with van der Waals surface area (Å²) in [5, 5.41) is 17.0. The fraction of sp³-hybridized carbons (Fsp3) is 0.222. The van der Waals surface area contributed by atoms with Crippen molar-refractivity contribution in [1.29, 1.82) is 0 Å². The zero-order valence-corrected chi connectivity index (χ0v) is 17.6. The van der Waals surface area contributed by atoms with E-state index in [-0.39, 0.29) is 34.7 Å². The molecule has 0 spiro atoms. The van der Waals surface area contributed by atoms with Crippen molar-refractivity contribution >= 4 is 51.7 Å². The van der Waals surface area contributed by atoms with Gasteiger partial charge in [-0.25, -0.2) is 4.79 Å². The molecule has 0 unspecified atom stereocenters. The fourth-order valence-electron chi connectivity index (χ4n) is 2.25. The van der Waals surface area contributed by atoms with E-state index in [0.29, 0.717) is 15.8 Å². The molecule has 0 fully saturated rings. The average molecular weight is 447 g/mol. The van der Waals surface area contributed by atoms with E-state index in [0.717, 1.165) is 23.1 Å². The molecule has 12 heteroatoms. The molecule has 1 aromatic carbocycles. The van der Waals surface area contributed by atoms with Crippen LogP contribution in [-0.4, -0.2) is 45.5 Å². The standard InChI is InChI=1S/C18H17N5O5S2/c1-3-27-16(26)11-6-4-5-7-12(11)19-14(24)9-29-18-22-21-17(30-18)20-15(25)13-8-10(2)28-23-13/h4-8H,3,9H2,1-2H3,(H,19,24)(H,20,21,25). The molecule has 156 valence electrons. The van der Waals surface area contributed by atoms with E-state index in [1.54, 1.807) is 38.1 Å². The van der Waals surface area contributed by atoms with Crippen LogP contribution in [0.3, 0.4) is 0 Å². The van der Waals surface area contributed by atoms with Crippen LogP contribution in [0.1, 0.15) is 33.5 Å². The van der Waals surface area contributed by atoms with E-state index in [9.17, 15) is 14.4 Å². The number of para-hydroxylation sites is 1. The maximum absolute atomic E-state index is 12.3. The van der Waals surface area contributed by atoms with Crippen LogP contribution >= 0.6 is 23.1 Å². The van der Waals surface area contributed by atoms with Crippen molar-refractivity contribution in [3.8, 4) is 0 Å². The molecule has 3 rings (SSSR count). The van der Waals surface area contributed by atoms with Gasteiger partial charge in [0.25, 0.3) is 5.91 Å². The van der Waals surface area contributed by atoms with Crippen molar-refractivity contribution in [2.45, 2.75) is 18.2 Å². The SMILES string of the molecule is CCOC(=O)c1ccccc1NC(=O)CSc1nnc(NC(=O)c2cc(C)on2)s1. The summed E-state index contributed by atoms with van der Waals surface area (Å²) in [4.78, 5) is 36.3. The molecule has 0 bridgehead atoms. The topological polar surface area (TPSA) is 136 Å². The number of esters is 1. The molecular formula is C18H17N5O5S2. The van der Waals surface area contributed by atoms with Gasteiger partial charge in [0.1, 0.15) is 5.76 Å². The summed E-state index contributed by atoms with van der Waals surface area (Å²) in [5.41, 5.74) is 0.785. The van der Waals surface area contributed by atoms with Crippen molar-refractivity contribution in [2.24, 2.45) is 0 Å². The molecule has 0 atom stereocenters. The highest BCUT2D eigenvalue weighted by Crippen LogP contribution is 2.26. The van der Waals surface area contributed by atoms with Crippen molar-refractivity contribution in [2.75, 3.05) is 23.0 Å². The highest BCUT2D eigenvalue weighted by Gasteiger charge is 2.16. The van der Waals surface area contributed by atoms with Crippen LogP contribution in [0, 0.1) is 6.92 Å². The van der Waals surface area contributed by atoms with E-state index < -0.39 is 11.9 Å². The van der Waals surface area contributed by atoms with Crippen molar-refractivity contribution in [3.05, 3.63) is 47.3 Å². The summed E-state index contributed by atoms with van der Waals surface area (Å²) in [6, 6.07) is 8.11. The monoisotopic (exact) mass is 447 g/mol. The number of aromatic nitrogens is 3. The Morgan fingerprint density at radius 1 is 1.20 bits per heavy atom. The number of rotatable bonds is 8. The zero-order chi connectivity index (χ0) is 21.5. The number of aryl methyl sites for hydroxylation is 1. The second-order valence-electron chi connectivity index (χ2n) is 5.75. The third kappa shape index (κ3) is 5.64. The second-order valence-corrected chi connectivity index (χ2v) is 7.95. The largest absolute Gasteiger partial charge is 0.462 e. The van der Waals surface area contributed by atoms with Gasteiger partial charge in [0.15, 0.2) is 10.0 Å². The number of nitrogens with zero attached hydrogens (tertiary/aromatic N) is 3. The zero-order valence-electron chi connectivity index (χ0n) is 16.0. The number of nitrogens with one attached hydrogen (secondary N) is 2. The van der Waals surface area contributed by atoms with Gasteiger partial charge in [-0.3, -0.25) is 14.9 Å². The van der Waals surface area contributed by atoms with Crippen LogP contribution in [0.25, 0.3) is 0 Å². The quantitative estimate of drug-likeness (QED) is 0.303. The summed E-state index contributed by atoms with van der Waals surface area (Å²) in [6.07, 6.45) is 0. The minimum absolute atomic E-state index is 0.0439. The molecule has 2 amide bonds. The molecule has 0 saturated heterocycles. The number of carbonyl (C=O) groups excluding carboxylic acids is 3. The normalized spacial score (nSPS) is 10.5. The van der Waals surface area contributed by atoms with E-state index in [1.807, 2.05) is 0 Å². The van der Waals surface area contributed by atoms with Crippen LogP contribution in [0.5, 0.6) is 0 Å². The number of hydrogen-bond acceptors (Lipinski definition) is 10. The van der Waals surface area contributed by atoms with Crippen LogP contribution in [0.15, 0.2) is 39.2 Å². The first kappa shape index (κ1) is 21.5. The predicted molar refractivity (Wildman–Crippen MR) is 111 cm³/mol. The molecule has 0 aliphatic carbocycles. The van der Waals surface area contributed by atoms with Gasteiger partial charge in [0, 0.05) is 6.07 Å². The average Bonchev–Trinajstić information content (AvgIpc) is 3.36. The molecule has 0 saturated carbocycles. The molecule has 10 nitrogen and oxygen atoms in total. The number of ether oxygens (including phenoxy) is 1. The first-order valence-electron chi connectivity index (χ1n) is 8.73. The van der Waals surface area contributed by atoms with Crippen molar-refractivity contribution < 1.29 is 23.6 Å². The lowest BCUT2D eigenvalue weighted by Crippen LogP contribution is -2.17. The fourth-order valence-corrected chi connectivity index (χ4v) is 3.79. The summed E-state index contributed by atoms with van der Waals surface area (Å²) in [5.74, 6) is -0.733. The molecular weight excluding hydrogens is 430 g/mol. The van der Waals surface area contributed by atoms with Crippen molar-refractivity contribution in [3.63, 3.8) is 0 Å². The van der Waals surface area contributed by atoms with Gasteiger partial charge in [-0.15, -0.1) is 10.2 Å². The Kier molecular flexibility index (Phi) is 7.14. The van der Waals surface area contributed by atoms with Gasteiger partial charge in [-0.2, -0.15) is 0 Å². The third-order valence-corrected chi connectivity index (χ3v) is 5.48. The molecule has 0 aliphatic rings. The maximum atomic E-state index is 12.3. The summed E-state index contributed by atoms with van der Waals surface area (Å²) in [6.45, 7) is 3.63. The van der Waals surface area contributed by atoms with E-state index >= 15 is 0 Å². The minimum atomic E-state index is -0.507. The van der Waals surface area contributed by atoms with Crippen LogP contribution in [-0.2, 0) is 9.53 Å². The Morgan fingerprint density at radius 2 is 2.00 bits per heavy atom. The van der Waals surface area contributed by atoms with E-state index in [1.165, 1.54) is 6.07 Å². The Labute approximate surface area is 179 Å². The van der Waals surface area contributed by atoms with Gasteiger partial charge in [-0.05, 0) is 26.0 Å². The van der Waals surface area contributed by atoms with Crippen LogP contribution < -0.4 is 10.6 Å². The minimum Gasteiger partial charge on any atom is -0.462 e. The molecule has 2 aromatic heterocycles. The highest BCUT2D eigenvalue weighted by molar-refractivity contribution is 8.01. The van der Waals surface area contributed by atoms with Gasteiger partial charge in [-0.1, -0.05) is 40.4 Å². The lowest BCUT2D eigenvalue weighted by molar-refractivity contribution is -0.113. The molecule has 2 heterocycles. The predicted octanol–water partition coefficient (Wildman–Crippen LogP) is 2.99. The van der Waals surface area contributed by atoms with E-state index in [4.69, 9.17) is 9.26 Å². The molecule has 0 radical (unpaired) electrons. The first-order valence-corrected chi connectivity index (χ1v) is 10.5. The Hall–Kier alpha value is -3.25. The van der Waals surface area contributed by atoms with Gasteiger partial charge < -0.3 is 14.6 Å². The van der Waals surface area contributed by atoms with Gasteiger partial charge in [0.2, 0.25) is 11.0 Å². The number of hydrogen-bond donors (Lipinski definition) is 2. The summed E-state index contributed by atoms with van der Waals surface area (Å²) < 4.78 is 10.3. The van der Waals surface area contributed by atoms with Gasteiger partial charge in [0.05, 0.1) is 23.6 Å². The lowest BCUT2D eigenvalue weighted by atomic mass is 10.2. The molecule has 0 aliphatic heterocycles. The lowest BCUT2D eigenvalue weighted by Gasteiger charge is -2.09. The number of thioether (sulfide) groups is 1. The second kappa shape index (κ2) is 9.98. The Balaban J connectivity index is 1.54. The first-order chi connectivity index (χ1) is 14.5. The Morgan fingerprint density at radius 3 is 2.73 bits per heavy atom. The Bertz CT molecular complexity index is 1060. The molecule has 30 heavy (non-hydrogen) atoms. The summed E-state index contributed by atoms with van der Waals surface area (Å²) >= 11 is 2.27. The number of amides is 2. The van der Waals surface area contributed by atoms with Crippen LogP contribution in [0.2, 0.25) is 0 Å². The van der Waals surface area contributed by atoms with Crippen molar-refractivity contribution in [1.82, 2.24) is 15.4 Å². The number of anilines is 2. The smallest absolute Gasteiger partial charge is 0.340 e. The number of benzene rings is 1. The molecule has 2 N–H and O–H groups in total. The maximum Gasteiger partial charge on any atom is 0.340 e. The highest BCUT2D eigenvalue weighted by atomic mass is 32.2. The summed E-state index contributed by atoms with van der Waals surface area (Å²) in [7, 11) is 0. The van der Waals surface area contributed by atoms with E-state index in [2.05, 4.69) is 26.0 Å². The van der Waals surface area contributed by atoms with Gasteiger partial charge >= 0.3 is 5.97 Å². The molecule has 3 aromatic rings.